The van der Waals surface area contributed by atoms with Crippen molar-refractivity contribution in [2.45, 2.75) is 9.79 Å². The number of aromatic amines is 2. The number of aromatic nitrogens is 2. The molecule has 1 aromatic heterocycles. The van der Waals surface area contributed by atoms with E-state index in [0.29, 0.717) is 10.3 Å². The van der Waals surface area contributed by atoms with Crippen molar-refractivity contribution >= 4 is 38.3 Å². The first kappa shape index (κ1) is 20.5. The average Bonchev–Trinajstić information content (AvgIpc) is 2.83. The Bertz CT molecular complexity index is 1710. The summed E-state index contributed by atoms with van der Waals surface area (Å²) >= 11 is 0. The standard InChI is InChI=1S/C24H15N3O5S/c28-23-24(29)26-19-13-22(20(27(30)31)12-18(19)25-23)33(32)21-11-10-15(14-6-2-1-3-7-14)16-8-4-5-9-17(16)21/h1-13H,(H,25,28)(H,26,29). The zero-order valence-electron chi connectivity index (χ0n) is 16.9. The Kier molecular flexibility index (Phi) is 4.95. The summed E-state index contributed by atoms with van der Waals surface area (Å²) in [4.78, 5) is 39.5. The number of H-pyrrole nitrogens is 2. The molecule has 0 spiro atoms. The largest absolute Gasteiger partial charge is 0.316 e. The van der Waals surface area contributed by atoms with Crippen molar-refractivity contribution in [2.24, 2.45) is 0 Å². The average molecular weight is 457 g/mol. The molecular weight excluding hydrogens is 442 g/mol. The van der Waals surface area contributed by atoms with Gasteiger partial charge in [0.05, 0.1) is 31.7 Å². The maximum atomic E-state index is 13.7. The van der Waals surface area contributed by atoms with Gasteiger partial charge < -0.3 is 9.97 Å². The van der Waals surface area contributed by atoms with Crippen LogP contribution in [0.25, 0.3) is 32.9 Å². The molecule has 5 rings (SSSR count). The van der Waals surface area contributed by atoms with E-state index in [2.05, 4.69) is 9.97 Å². The van der Waals surface area contributed by atoms with Gasteiger partial charge in [0.15, 0.2) is 0 Å². The quantitative estimate of drug-likeness (QED) is 0.239. The molecule has 0 amide bonds. The van der Waals surface area contributed by atoms with E-state index in [1.54, 1.807) is 6.07 Å². The van der Waals surface area contributed by atoms with E-state index in [4.69, 9.17) is 0 Å². The van der Waals surface area contributed by atoms with Crippen LogP contribution in [0.15, 0.2) is 98.2 Å². The molecule has 33 heavy (non-hydrogen) atoms. The molecule has 1 atom stereocenters. The third-order valence-electron chi connectivity index (χ3n) is 5.37. The fraction of sp³-hybridized carbons (Fsp3) is 0. The predicted molar refractivity (Wildman–Crippen MR) is 126 cm³/mol. The Balaban J connectivity index is 1.75. The Morgan fingerprint density at radius 1 is 0.727 bits per heavy atom. The minimum atomic E-state index is -1.94. The van der Waals surface area contributed by atoms with Crippen LogP contribution >= 0.6 is 0 Å². The summed E-state index contributed by atoms with van der Waals surface area (Å²) in [5, 5.41) is 13.3. The number of hydrogen-bond acceptors (Lipinski definition) is 5. The Hall–Kier alpha value is -4.37. The number of nitrogens with zero attached hydrogens (tertiary/aromatic N) is 1. The van der Waals surface area contributed by atoms with Crippen molar-refractivity contribution in [2.75, 3.05) is 0 Å². The molecule has 0 aliphatic carbocycles. The number of rotatable bonds is 4. The zero-order valence-corrected chi connectivity index (χ0v) is 17.7. The molecule has 0 fully saturated rings. The lowest BCUT2D eigenvalue weighted by Crippen LogP contribution is -2.29. The Morgan fingerprint density at radius 2 is 1.33 bits per heavy atom. The first-order chi connectivity index (χ1) is 15.9. The molecule has 0 radical (unpaired) electrons. The summed E-state index contributed by atoms with van der Waals surface area (Å²) in [6.07, 6.45) is 0. The van der Waals surface area contributed by atoms with Crippen molar-refractivity contribution in [3.63, 3.8) is 0 Å². The van der Waals surface area contributed by atoms with Crippen molar-refractivity contribution < 1.29 is 9.13 Å². The number of nitrogens with one attached hydrogen (secondary N) is 2. The van der Waals surface area contributed by atoms with Gasteiger partial charge in [-0.2, -0.15) is 0 Å². The van der Waals surface area contributed by atoms with Crippen LogP contribution in [0.3, 0.4) is 0 Å². The third kappa shape index (κ3) is 3.54. The van der Waals surface area contributed by atoms with E-state index in [1.165, 1.54) is 6.07 Å². The minimum Gasteiger partial charge on any atom is -0.316 e. The van der Waals surface area contributed by atoms with Crippen LogP contribution in [0, 0.1) is 10.1 Å². The second kappa shape index (κ2) is 7.95. The molecule has 0 bridgehead atoms. The van der Waals surface area contributed by atoms with Gasteiger partial charge in [-0.25, -0.2) is 4.21 Å². The molecule has 5 aromatic rings. The maximum absolute atomic E-state index is 13.7. The number of nitro groups is 1. The summed E-state index contributed by atoms with van der Waals surface area (Å²) in [7, 11) is -1.94. The fourth-order valence-corrected chi connectivity index (χ4v) is 5.20. The van der Waals surface area contributed by atoms with E-state index in [-0.39, 0.29) is 15.9 Å². The van der Waals surface area contributed by atoms with E-state index in [1.807, 2.05) is 60.7 Å². The van der Waals surface area contributed by atoms with Crippen LogP contribution in [0.5, 0.6) is 0 Å². The van der Waals surface area contributed by atoms with E-state index in [9.17, 15) is 23.9 Å². The van der Waals surface area contributed by atoms with Crippen LogP contribution in [0.1, 0.15) is 0 Å². The normalized spacial score (nSPS) is 12.1. The van der Waals surface area contributed by atoms with E-state index in [0.717, 1.165) is 22.6 Å². The van der Waals surface area contributed by atoms with Gasteiger partial charge in [-0.1, -0.05) is 60.7 Å². The molecule has 0 saturated carbocycles. The molecule has 4 aromatic carbocycles. The summed E-state index contributed by atoms with van der Waals surface area (Å²) in [6.45, 7) is 0. The minimum absolute atomic E-state index is 0.0761. The SMILES string of the molecule is O=c1[nH]c2cc([N+](=O)[O-])c(S(=O)c3ccc(-c4ccccc4)c4ccccc34)cc2[nH]c1=O. The van der Waals surface area contributed by atoms with Crippen molar-refractivity contribution in [3.8, 4) is 11.1 Å². The highest BCUT2D eigenvalue weighted by Crippen LogP contribution is 2.36. The van der Waals surface area contributed by atoms with Crippen LogP contribution in [-0.4, -0.2) is 19.1 Å². The lowest BCUT2D eigenvalue weighted by molar-refractivity contribution is -0.387. The highest BCUT2D eigenvalue weighted by molar-refractivity contribution is 7.85. The van der Waals surface area contributed by atoms with Gasteiger partial charge in [-0.15, -0.1) is 0 Å². The molecule has 0 saturated heterocycles. The van der Waals surface area contributed by atoms with Gasteiger partial charge in [0.2, 0.25) is 0 Å². The lowest BCUT2D eigenvalue weighted by atomic mass is 9.98. The monoisotopic (exact) mass is 457 g/mol. The predicted octanol–water partition coefficient (Wildman–Crippen LogP) is 4.11. The molecular formula is C24H15N3O5S. The highest BCUT2D eigenvalue weighted by Gasteiger charge is 2.24. The maximum Gasteiger partial charge on any atom is 0.314 e. The summed E-state index contributed by atoms with van der Waals surface area (Å²) in [5.74, 6) is 0. The fourth-order valence-electron chi connectivity index (χ4n) is 3.85. The van der Waals surface area contributed by atoms with Crippen LogP contribution in [0.4, 0.5) is 5.69 Å². The van der Waals surface area contributed by atoms with Crippen molar-refractivity contribution in [3.05, 3.63) is 110 Å². The molecule has 8 nitrogen and oxygen atoms in total. The second-order valence-corrected chi connectivity index (χ2v) is 8.74. The molecule has 2 N–H and O–H groups in total. The first-order valence-corrected chi connectivity index (χ1v) is 11.0. The number of benzene rings is 4. The van der Waals surface area contributed by atoms with E-state index >= 15 is 0 Å². The number of hydrogen-bond donors (Lipinski definition) is 2. The lowest BCUT2D eigenvalue weighted by Gasteiger charge is -2.12. The second-order valence-electron chi connectivity index (χ2n) is 7.32. The first-order valence-electron chi connectivity index (χ1n) is 9.88. The molecule has 0 aliphatic heterocycles. The third-order valence-corrected chi connectivity index (χ3v) is 6.85. The number of fused-ring (bicyclic) bond motifs is 2. The topological polar surface area (TPSA) is 126 Å². The van der Waals surface area contributed by atoms with Crippen LogP contribution in [0.2, 0.25) is 0 Å². The van der Waals surface area contributed by atoms with Crippen molar-refractivity contribution in [1.82, 2.24) is 9.97 Å². The zero-order chi connectivity index (χ0) is 23.1. The highest BCUT2D eigenvalue weighted by atomic mass is 32.2. The summed E-state index contributed by atoms with van der Waals surface area (Å²) < 4.78 is 13.7. The van der Waals surface area contributed by atoms with Crippen LogP contribution < -0.4 is 11.1 Å². The van der Waals surface area contributed by atoms with Gasteiger partial charge >= 0.3 is 11.1 Å². The molecule has 1 unspecified atom stereocenters. The molecule has 9 heteroatoms. The van der Waals surface area contributed by atoms with Gasteiger partial charge in [0, 0.05) is 6.07 Å². The molecule has 1 heterocycles. The van der Waals surface area contributed by atoms with Gasteiger partial charge in [-0.05, 0) is 34.0 Å². The van der Waals surface area contributed by atoms with Crippen molar-refractivity contribution in [1.29, 1.82) is 0 Å². The Morgan fingerprint density at radius 3 is 2.00 bits per heavy atom. The van der Waals surface area contributed by atoms with E-state index < -0.39 is 32.5 Å². The molecule has 0 aliphatic rings. The van der Waals surface area contributed by atoms with Gasteiger partial charge in [0.1, 0.15) is 4.90 Å². The van der Waals surface area contributed by atoms with Gasteiger partial charge in [0.25, 0.3) is 5.69 Å². The smallest absolute Gasteiger partial charge is 0.314 e. The summed E-state index contributed by atoms with van der Waals surface area (Å²) in [6, 6.07) is 23.1. The Labute approximate surface area is 188 Å². The number of nitro benzene ring substituents is 1. The van der Waals surface area contributed by atoms with Gasteiger partial charge in [-0.3, -0.25) is 19.7 Å². The molecule has 162 valence electrons. The van der Waals surface area contributed by atoms with Crippen LogP contribution in [-0.2, 0) is 10.8 Å². The summed E-state index contributed by atoms with van der Waals surface area (Å²) in [5.41, 5.74) is -0.0696.